The standard InChI is InChI=1S/C30H35N3/c1-6-30-16-15-22(3)33(26-11-8-7-10-21(26)2)27-12-9-19-31-28(27)32-25-14-13-23(20-24(25)30)29(4,5)17-18-30/h7-16,19-20,22H,6,17-18H2,1-5H3,(H,31,32)/b16-15-. The van der Waals surface area contributed by atoms with Crippen molar-refractivity contribution in [1.29, 1.82) is 0 Å². The summed E-state index contributed by atoms with van der Waals surface area (Å²) in [5.41, 5.74) is 7.75. The molecule has 1 N–H and O–H groups in total. The molecule has 5 rings (SSSR count). The van der Waals surface area contributed by atoms with Crippen LogP contribution in [0.3, 0.4) is 0 Å². The summed E-state index contributed by atoms with van der Waals surface area (Å²) < 4.78 is 0. The van der Waals surface area contributed by atoms with Gasteiger partial charge in [-0.15, -0.1) is 0 Å². The number of anilines is 4. The van der Waals surface area contributed by atoms with Crippen molar-refractivity contribution >= 4 is 22.9 Å². The fourth-order valence-corrected chi connectivity index (χ4v) is 5.59. The van der Waals surface area contributed by atoms with Crippen LogP contribution in [0.15, 0.2) is 72.9 Å². The average molecular weight is 438 g/mol. The van der Waals surface area contributed by atoms with E-state index in [1.807, 2.05) is 12.3 Å². The van der Waals surface area contributed by atoms with Gasteiger partial charge in [0.15, 0.2) is 5.82 Å². The van der Waals surface area contributed by atoms with Crippen LogP contribution in [0.2, 0.25) is 0 Å². The summed E-state index contributed by atoms with van der Waals surface area (Å²) in [4.78, 5) is 7.24. The maximum atomic E-state index is 4.82. The van der Waals surface area contributed by atoms with E-state index in [0.717, 1.165) is 24.3 Å². The highest BCUT2D eigenvalue weighted by Gasteiger charge is 2.38. The molecule has 3 heteroatoms. The molecule has 0 saturated carbocycles. The van der Waals surface area contributed by atoms with Gasteiger partial charge in [0, 0.05) is 29.0 Å². The second kappa shape index (κ2) is 8.06. The molecule has 0 amide bonds. The van der Waals surface area contributed by atoms with E-state index in [4.69, 9.17) is 4.98 Å². The van der Waals surface area contributed by atoms with Crippen molar-refractivity contribution in [2.24, 2.45) is 0 Å². The van der Waals surface area contributed by atoms with E-state index in [9.17, 15) is 0 Å². The second-order valence-corrected chi connectivity index (χ2v) is 10.4. The third-order valence-electron chi connectivity index (χ3n) is 7.94. The number of pyridine rings is 1. The first-order valence-corrected chi connectivity index (χ1v) is 12.3. The number of hydrogen-bond donors (Lipinski definition) is 1. The molecule has 2 atom stereocenters. The van der Waals surface area contributed by atoms with E-state index in [0.29, 0.717) is 0 Å². The van der Waals surface area contributed by atoms with Crippen LogP contribution in [-0.4, -0.2) is 11.0 Å². The first kappa shape index (κ1) is 21.8. The number of nitrogens with zero attached hydrogens (tertiary/aromatic N) is 2. The van der Waals surface area contributed by atoms with Crippen LogP contribution in [0.1, 0.15) is 63.6 Å². The zero-order valence-electron chi connectivity index (χ0n) is 20.5. The van der Waals surface area contributed by atoms with E-state index in [1.54, 1.807) is 0 Å². The van der Waals surface area contributed by atoms with Crippen molar-refractivity contribution in [2.75, 3.05) is 10.2 Å². The van der Waals surface area contributed by atoms with Crippen LogP contribution in [-0.2, 0) is 10.8 Å². The number of fused-ring (bicyclic) bond motifs is 2. The van der Waals surface area contributed by atoms with E-state index >= 15 is 0 Å². The van der Waals surface area contributed by atoms with Gasteiger partial charge in [-0.3, -0.25) is 0 Å². The Morgan fingerprint density at radius 3 is 2.61 bits per heavy atom. The minimum absolute atomic E-state index is 0.00403. The zero-order chi connectivity index (χ0) is 23.2. The number of nitrogens with one attached hydrogen (secondary N) is 1. The monoisotopic (exact) mass is 437 g/mol. The smallest absolute Gasteiger partial charge is 0.154 e. The Bertz CT molecular complexity index is 1210. The molecule has 3 aromatic rings. The molecule has 1 aliphatic heterocycles. The minimum Gasteiger partial charge on any atom is -0.338 e. The van der Waals surface area contributed by atoms with Crippen molar-refractivity contribution in [3.05, 3.63) is 89.6 Å². The van der Waals surface area contributed by atoms with Crippen molar-refractivity contribution in [1.82, 2.24) is 4.98 Å². The van der Waals surface area contributed by atoms with Gasteiger partial charge in [0.1, 0.15) is 0 Å². The highest BCUT2D eigenvalue weighted by molar-refractivity contribution is 5.80. The van der Waals surface area contributed by atoms with Crippen LogP contribution < -0.4 is 10.2 Å². The van der Waals surface area contributed by atoms with Crippen molar-refractivity contribution in [2.45, 2.75) is 70.8 Å². The largest absolute Gasteiger partial charge is 0.338 e. The molecule has 0 spiro atoms. The Hall–Kier alpha value is -3.07. The van der Waals surface area contributed by atoms with Gasteiger partial charge in [0.05, 0.1) is 5.69 Å². The molecule has 2 heterocycles. The molecule has 2 bridgehead atoms. The number of hydrogen-bond acceptors (Lipinski definition) is 3. The fraction of sp³-hybridized carbons (Fsp3) is 0.367. The predicted octanol–water partition coefficient (Wildman–Crippen LogP) is 7.95. The Morgan fingerprint density at radius 2 is 1.82 bits per heavy atom. The van der Waals surface area contributed by atoms with E-state index in [-0.39, 0.29) is 16.9 Å². The number of aryl methyl sites for hydroxylation is 1. The summed E-state index contributed by atoms with van der Waals surface area (Å²) in [5.74, 6) is 0.903. The Morgan fingerprint density at radius 1 is 1.03 bits per heavy atom. The molecule has 0 fully saturated rings. The van der Waals surface area contributed by atoms with Gasteiger partial charge in [-0.1, -0.05) is 63.3 Å². The first-order valence-electron chi connectivity index (χ1n) is 12.3. The molecule has 3 nitrogen and oxygen atoms in total. The molecular weight excluding hydrogens is 402 g/mol. The first-order chi connectivity index (χ1) is 15.8. The highest BCUT2D eigenvalue weighted by atomic mass is 15.2. The lowest BCUT2D eigenvalue weighted by atomic mass is 9.73. The average Bonchev–Trinajstić information content (AvgIpc) is 2.90. The third kappa shape index (κ3) is 3.64. The van der Waals surface area contributed by atoms with Crippen LogP contribution >= 0.6 is 0 Å². The summed E-state index contributed by atoms with van der Waals surface area (Å²) in [6.07, 6.45) is 10.2. The van der Waals surface area contributed by atoms with Crippen molar-refractivity contribution < 1.29 is 0 Å². The van der Waals surface area contributed by atoms with Gasteiger partial charge in [-0.25, -0.2) is 4.98 Å². The van der Waals surface area contributed by atoms with Gasteiger partial charge in [-0.05, 0) is 79.5 Å². The topological polar surface area (TPSA) is 28.2 Å². The second-order valence-electron chi connectivity index (χ2n) is 10.4. The molecule has 1 aromatic heterocycles. The zero-order valence-corrected chi connectivity index (χ0v) is 20.5. The lowest BCUT2D eigenvalue weighted by Gasteiger charge is -2.37. The fourth-order valence-electron chi connectivity index (χ4n) is 5.59. The lowest BCUT2D eigenvalue weighted by molar-refractivity contribution is 0.388. The number of aromatic nitrogens is 1. The third-order valence-corrected chi connectivity index (χ3v) is 7.94. The normalized spacial score (nSPS) is 24.3. The SMILES string of the molecule is CCC12/C=C\C(C)N(c3ccccc3C)c3cccnc3Nc3ccc(cc31)C(C)(C)CC2. The van der Waals surface area contributed by atoms with Crippen LogP contribution in [0, 0.1) is 6.92 Å². The van der Waals surface area contributed by atoms with E-state index in [2.05, 4.69) is 106 Å². The summed E-state index contributed by atoms with van der Waals surface area (Å²) in [6, 6.07) is 20.1. The number of benzene rings is 2. The van der Waals surface area contributed by atoms with E-state index < -0.39 is 0 Å². The summed E-state index contributed by atoms with van der Waals surface area (Å²) in [6.45, 7) is 11.6. The number of para-hydroxylation sites is 1. The van der Waals surface area contributed by atoms with Crippen LogP contribution in [0.25, 0.3) is 0 Å². The van der Waals surface area contributed by atoms with Crippen molar-refractivity contribution in [3.8, 4) is 0 Å². The summed E-state index contributed by atoms with van der Waals surface area (Å²) >= 11 is 0. The maximum absolute atomic E-state index is 4.82. The van der Waals surface area contributed by atoms with Crippen LogP contribution in [0.5, 0.6) is 0 Å². The Labute approximate surface area is 198 Å². The molecular formula is C30H35N3. The van der Waals surface area contributed by atoms with Crippen molar-refractivity contribution in [3.63, 3.8) is 0 Å². The lowest BCUT2D eigenvalue weighted by Crippen LogP contribution is -2.31. The Kier molecular flexibility index (Phi) is 5.31. The number of rotatable bonds is 2. The molecule has 0 saturated heterocycles. The molecule has 2 aromatic carbocycles. The summed E-state index contributed by atoms with van der Waals surface area (Å²) in [5, 5.41) is 3.77. The Balaban J connectivity index is 1.76. The van der Waals surface area contributed by atoms with Crippen LogP contribution in [0.4, 0.5) is 22.9 Å². The molecule has 33 heavy (non-hydrogen) atoms. The molecule has 2 unspecified atom stereocenters. The highest BCUT2D eigenvalue weighted by Crippen LogP contribution is 2.49. The summed E-state index contributed by atoms with van der Waals surface area (Å²) in [7, 11) is 0. The number of allylic oxidation sites excluding steroid dienone is 1. The van der Waals surface area contributed by atoms with Gasteiger partial charge in [0.25, 0.3) is 0 Å². The molecule has 1 aliphatic carbocycles. The van der Waals surface area contributed by atoms with Gasteiger partial charge in [-0.2, -0.15) is 0 Å². The molecule has 2 aliphatic rings. The van der Waals surface area contributed by atoms with Gasteiger partial charge in [0.2, 0.25) is 0 Å². The van der Waals surface area contributed by atoms with Gasteiger partial charge < -0.3 is 10.2 Å². The minimum atomic E-state index is 0.00403. The van der Waals surface area contributed by atoms with E-state index in [1.165, 1.54) is 34.5 Å². The maximum Gasteiger partial charge on any atom is 0.154 e. The molecule has 0 radical (unpaired) electrons. The predicted molar refractivity (Wildman–Crippen MR) is 140 cm³/mol. The quantitative estimate of drug-likeness (QED) is 0.412. The van der Waals surface area contributed by atoms with Gasteiger partial charge >= 0.3 is 0 Å². The molecule has 170 valence electrons.